The van der Waals surface area contributed by atoms with Crippen molar-refractivity contribution in [3.63, 3.8) is 0 Å². The Morgan fingerprint density at radius 2 is 0.767 bits per heavy atom. The number of alkyl halides is 6. The molecule has 0 aromatic heterocycles. The lowest BCUT2D eigenvalue weighted by Crippen LogP contribution is -2.32. The summed E-state index contributed by atoms with van der Waals surface area (Å²) in [5, 5.41) is 46.8. The minimum absolute atomic E-state index is 0.218. The van der Waals surface area contributed by atoms with E-state index in [1.807, 2.05) is 10.6 Å². The second-order valence-electron chi connectivity index (χ2n) is 12.7. The summed E-state index contributed by atoms with van der Waals surface area (Å²) in [7, 11) is 1.08. The van der Waals surface area contributed by atoms with Crippen molar-refractivity contribution in [3.05, 3.63) is 116 Å². The number of benzene rings is 4. The zero-order valence-electron chi connectivity index (χ0n) is 30.7. The zero-order valence-corrected chi connectivity index (χ0v) is 30.7. The largest absolute Gasteiger partial charge is 0.478 e. The molecule has 4 amide bonds. The van der Waals surface area contributed by atoms with Crippen molar-refractivity contribution in [2.45, 2.75) is 32.2 Å². The van der Waals surface area contributed by atoms with Gasteiger partial charge < -0.3 is 41.7 Å². The number of aromatic carboxylic acids is 4. The van der Waals surface area contributed by atoms with Gasteiger partial charge in [-0.15, -0.1) is 0 Å². The van der Waals surface area contributed by atoms with E-state index in [0.717, 1.165) is 19.2 Å². The van der Waals surface area contributed by atoms with Crippen molar-refractivity contribution in [2.24, 2.45) is 0 Å². The van der Waals surface area contributed by atoms with E-state index in [1.54, 1.807) is 0 Å². The second kappa shape index (κ2) is 17.0. The van der Waals surface area contributed by atoms with E-state index in [0.29, 0.717) is 36.4 Å². The number of amides is 4. The van der Waals surface area contributed by atoms with Gasteiger partial charge in [0.1, 0.15) is 0 Å². The smallest absolute Gasteiger partial charge is 0.417 e. The molecule has 4 rings (SSSR count). The molecule has 4 aromatic carbocycles. The lowest BCUT2D eigenvalue weighted by Gasteiger charge is -2.20. The maximum absolute atomic E-state index is 14.5. The number of hydrogen-bond acceptors (Lipinski definition) is 8. The lowest BCUT2D eigenvalue weighted by atomic mass is 9.93. The molecule has 0 aliphatic heterocycles. The van der Waals surface area contributed by atoms with E-state index < -0.39 is 144 Å². The summed E-state index contributed by atoms with van der Waals surface area (Å²) in [5.41, 5.74) is -13.9. The summed E-state index contributed by atoms with van der Waals surface area (Å²) in [6.45, 7) is 3.00. The molecule has 0 saturated carbocycles. The molecule has 0 radical (unpaired) electrons. The third-order valence-electron chi connectivity index (χ3n) is 8.32. The molecule has 22 heteroatoms. The third-order valence-corrected chi connectivity index (χ3v) is 8.32. The van der Waals surface area contributed by atoms with Gasteiger partial charge in [-0.2, -0.15) is 26.3 Å². The number of nitrogens with one attached hydrogen (secondary N) is 4. The van der Waals surface area contributed by atoms with Gasteiger partial charge in [0.2, 0.25) is 0 Å². The normalized spacial score (nSPS) is 11.4. The van der Waals surface area contributed by atoms with Crippen LogP contribution in [0, 0.1) is 0 Å². The van der Waals surface area contributed by atoms with Crippen molar-refractivity contribution < 1.29 is 85.1 Å². The number of halogens is 6. The highest BCUT2D eigenvalue weighted by molar-refractivity contribution is 6.16. The quantitative estimate of drug-likeness (QED) is 0.0743. The molecule has 0 aliphatic carbocycles. The summed E-state index contributed by atoms with van der Waals surface area (Å²) >= 11 is 0. The number of carboxylic acid groups (broad SMARTS) is 4. The maximum Gasteiger partial charge on any atom is 0.417 e. The van der Waals surface area contributed by atoms with Crippen molar-refractivity contribution >= 4 is 58.9 Å². The molecule has 0 bridgehead atoms. The first kappa shape index (κ1) is 44.9. The van der Waals surface area contributed by atoms with Crippen LogP contribution in [0.2, 0.25) is 0 Å². The van der Waals surface area contributed by atoms with Crippen LogP contribution in [0.5, 0.6) is 0 Å². The fourth-order valence-electron chi connectivity index (χ4n) is 5.71. The number of carbonyl (C=O) groups excluding carboxylic acids is 4. The monoisotopic (exact) mass is 846 g/mol. The van der Waals surface area contributed by atoms with E-state index in [1.165, 1.54) is 13.8 Å². The van der Waals surface area contributed by atoms with Crippen LogP contribution in [0.15, 0.2) is 60.7 Å². The lowest BCUT2D eigenvalue weighted by molar-refractivity contribution is -0.139. The predicted molar refractivity (Wildman–Crippen MR) is 195 cm³/mol. The van der Waals surface area contributed by atoms with Gasteiger partial charge in [-0.25, -0.2) is 19.2 Å². The number of carboxylic acids is 4. The van der Waals surface area contributed by atoms with Gasteiger partial charge in [0.05, 0.1) is 55.6 Å². The first-order chi connectivity index (χ1) is 27.8. The Labute approximate surface area is 331 Å². The molecular weight excluding hydrogens is 818 g/mol. The molecular formula is C38H28F6N4O12. The van der Waals surface area contributed by atoms with Crippen LogP contribution < -0.4 is 21.3 Å². The van der Waals surface area contributed by atoms with Gasteiger partial charge in [0.25, 0.3) is 23.6 Å². The molecule has 0 saturated heterocycles. The van der Waals surface area contributed by atoms with Crippen LogP contribution in [-0.2, 0) is 12.4 Å². The van der Waals surface area contributed by atoms with Gasteiger partial charge in [-0.3, -0.25) is 19.2 Å². The summed E-state index contributed by atoms with van der Waals surface area (Å²) in [4.78, 5) is 99.0. The van der Waals surface area contributed by atoms with E-state index in [9.17, 15) is 85.1 Å². The molecule has 0 atom stereocenters. The zero-order chi connectivity index (χ0) is 45.2. The number of hydrogen-bond donors (Lipinski definition) is 8. The Bertz CT molecular complexity index is 2520. The van der Waals surface area contributed by atoms with E-state index in [4.69, 9.17) is 0 Å². The maximum atomic E-state index is 14.5. The third kappa shape index (κ3) is 9.66. The minimum Gasteiger partial charge on any atom is -0.478 e. The molecule has 0 fully saturated rings. The fourth-order valence-corrected chi connectivity index (χ4v) is 5.71. The van der Waals surface area contributed by atoms with Gasteiger partial charge >= 0.3 is 36.2 Å². The first-order valence-corrected chi connectivity index (χ1v) is 16.6. The van der Waals surface area contributed by atoms with Gasteiger partial charge in [0.15, 0.2) is 0 Å². The molecule has 0 unspecified atom stereocenters. The second-order valence-corrected chi connectivity index (χ2v) is 12.7. The van der Waals surface area contributed by atoms with Crippen molar-refractivity contribution in [2.75, 3.05) is 17.7 Å². The number of carbonyl (C=O) groups is 8. The van der Waals surface area contributed by atoms with Crippen LogP contribution in [0.1, 0.15) is 108 Å². The molecule has 16 nitrogen and oxygen atoms in total. The van der Waals surface area contributed by atoms with Gasteiger partial charge in [0, 0.05) is 24.5 Å². The SMILES string of the molecule is CNC(=O)c1cc(C(=O)Nc2ccc(-c3ccc(NC(=O)c4cc(C(=O)NC(C)C)c(C(=O)O)cc4C(=O)O)cc3C(F)(F)F)c(C(F)(F)F)c2)c(C(=O)O)cc1C(=O)O. The van der Waals surface area contributed by atoms with E-state index >= 15 is 0 Å². The predicted octanol–water partition coefficient (Wildman–Crippen LogP) is 6.19. The van der Waals surface area contributed by atoms with Crippen molar-refractivity contribution in [3.8, 4) is 11.1 Å². The topological polar surface area (TPSA) is 266 Å². The van der Waals surface area contributed by atoms with Gasteiger partial charge in [-0.1, -0.05) is 12.1 Å². The number of rotatable bonds is 12. The Balaban J connectivity index is 1.80. The van der Waals surface area contributed by atoms with Crippen LogP contribution >= 0.6 is 0 Å². The highest BCUT2D eigenvalue weighted by atomic mass is 19.4. The van der Waals surface area contributed by atoms with E-state index in [2.05, 4.69) is 10.6 Å². The molecule has 0 spiro atoms. The summed E-state index contributed by atoms with van der Waals surface area (Å²) in [6.07, 6.45) is -10.9. The van der Waals surface area contributed by atoms with Crippen molar-refractivity contribution in [1.29, 1.82) is 0 Å². The average Bonchev–Trinajstić information content (AvgIpc) is 3.15. The fraction of sp³-hybridized carbons (Fsp3) is 0.158. The molecule has 4 aromatic rings. The highest BCUT2D eigenvalue weighted by Gasteiger charge is 2.39. The summed E-state index contributed by atoms with van der Waals surface area (Å²) < 4.78 is 87.1. The molecule has 60 heavy (non-hydrogen) atoms. The summed E-state index contributed by atoms with van der Waals surface area (Å²) in [6, 6.07) is 4.55. The first-order valence-electron chi connectivity index (χ1n) is 16.6. The molecule has 314 valence electrons. The standard InChI is InChI=1S/C38H28F6N4O12/c1-14(2)46-30(50)20-11-22(26(36(59)60)13-24(20)34(55)56)32(52)48-16-5-7-18(28(9-16)38(42,43)44)17-6-4-15(8-27(17)37(39,40)41)47-31(51)21-10-19(29(49)45-3)23(33(53)54)12-25(21)35(57)58/h4-14H,1-3H3,(H,45,49)(H,46,50)(H,47,51)(H,48,52)(H,53,54)(H,55,56)(H,57,58)(H,59,60). The Kier molecular flexibility index (Phi) is 12.7. The van der Waals surface area contributed by atoms with E-state index in [-0.39, 0.29) is 12.1 Å². The van der Waals surface area contributed by atoms with Crippen LogP contribution in [0.25, 0.3) is 11.1 Å². The van der Waals surface area contributed by atoms with Crippen LogP contribution in [0.4, 0.5) is 37.7 Å². The van der Waals surface area contributed by atoms with Crippen molar-refractivity contribution in [1.82, 2.24) is 10.6 Å². The van der Waals surface area contributed by atoms with Crippen LogP contribution in [0.3, 0.4) is 0 Å². The minimum atomic E-state index is -5.43. The highest BCUT2D eigenvalue weighted by Crippen LogP contribution is 2.44. The van der Waals surface area contributed by atoms with Crippen LogP contribution in [-0.4, -0.2) is 81.0 Å². The Morgan fingerprint density at radius 3 is 1.05 bits per heavy atom. The number of anilines is 2. The molecule has 0 aliphatic rings. The molecule has 8 N–H and O–H groups in total. The van der Waals surface area contributed by atoms with Gasteiger partial charge in [-0.05, 0) is 73.5 Å². The Hall–Kier alpha value is -7.78. The Morgan fingerprint density at radius 1 is 0.467 bits per heavy atom. The average molecular weight is 847 g/mol. The molecule has 0 heterocycles. The summed E-state index contributed by atoms with van der Waals surface area (Å²) in [5.74, 6) is -12.3.